The molecular weight excluding hydrogens is 344 g/mol. The Bertz CT molecular complexity index is 819. The van der Waals surface area contributed by atoms with E-state index in [0.717, 1.165) is 16.8 Å². The Balaban J connectivity index is 1.73. The molecule has 24 heavy (non-hydrogen) atoms. The van der Waals surface area contributed by atoms with Crippen LogP contribution in [0.4, 0.5) is 5.13 Å². The third-order valence-electron chi connectivity index (χ3n) is 3.52. The van der Waals surface area contributed by atoms with Crippen LogP contribution in [-0.2, 0) is 11.2 Å². The topological polar surface area (TPSA) is 62.2 Å². The highest BCUT2D eigenvalue weighted by Crippen LogP contribution is 2.25. The second kappa shape index (κ2) is 7.47. The number of thiazole rings is 1. The Hall–Kier alpha value is -2.37. The van der Waals surface area contributed by atoms with Gasteiger partial charge in [0.15, 0.2) is 5.13 Å². The Kier molecular flexibility index (Phi) is 5.13. The lowest BCUT2D eigenvalue weighted by Gasteiger charge is -2.13. The summed E-state index contributed by atoms with van der Waals surface area (Å²) in [6.45, 7) is 0. The van der Waals surface area contributed by atoms with Crippen molar-refractivity contribution in [3.05, 3.63) is 70.6 Å². The third-order valence-corrected chi connectivity index (χ3v) is 4.55. The number of benzene rings is 2. The molecule has 4 nitrogen and oxygen atoms in total. The first-order valence-electron chi connectivity index (χ1n) is 7.36. The molecule has 0 bridgehead atoms. The molecular formula is C18H15ClN2O2S. The van der Waals surface area contributed by atoms with E-state index in [1.54, 1.807) is 12.1 Å². The van der Waals surface area contributed by atoms with Crippen LogP contribution < -0.4 is 5.32 Å². The lowest BCUT2D eigenvalue weighted by Crippen LogP contribution is -2.31. The van der Waals surface area contributed by atoms with Crippen molar-refractivity contribution in [1.29, 1.82) is 0 Å². The van der Waals surface area contributed by atoms with Gasteiger partial charge in [-0.15, -0.1) is 11.3 Å². The molecule has 1 heterocycles. The molecule has 122 valence electrons. The van der Waals surface area contributed by atoms with Crippen molar-refractivity contribution in [1.82, 2.24) is 4.98 Å². The lowest BCUT2D eigenvalue weighted by molar-refractivity contribution is -0.137. The predicted molar refractivity (Wildman–Crippen MR) is 97.8 cm³/mol. The average molecular weight is 359 g/mol. The molecule has 0 aliphatic rings. The van der Waals surface area contributed by atoms with Crippen LogP contribution in [0, 0.1) is 0 Å². The van der Waals surface area contributed by atoms with Gasteiger partial charge in [-0.2, -0.15) is 0 Å². The Labute approximate surface area is 148 Å². The normalized spacial score (nSPS) is 11.9. The van der Waals surface area contributed by atoms with Gasteiger partial charge >= 0.3 is 5.97 Å². The smallest absolute Gasteiger partial charge is 0.326 e. The number of halogens is 1. The molecule has 1 aromatic heterocycles. The fourth-order valence-corrected chi connectivity index (χ4v) is 3.19. The number of nitrogens with one attached hydrogen (secondary N) is 1. The van der Waals surface area contributed by atoms with Crippen LogP contribution in [0.2, 0.25) is 5.02 Å². The number of carbonyl (C=O) groups is 1. The fourth-order valence-electron chi connectivity index (χ4n) is 2.29. The fraction of sp³-hybridized carbons (Fsp3) is 0.111. The minimum absolute atomic E-state index is 0.354. The van der Waals surface area contributed by atoms with Gasteiger partial charge in [0.05, 0.1) is 5.69 Å². The molecule has 0 saturated heterocycles. The van der Waals surface area contributed by atoms with E-state index in [-0.39, 0.29) is 0 Å². The van der Waals surface area contributed by atoms with Crippen molar-refractivity contribution in [2.75, 3.05) is 5.32 Å². The van der Waals surface area contributed by atoms with E-state index in [2.05, 4.69) is 10.3 Å². The Morgan fingerprint density at radius 2 is 1.88 bits per heavy atom. The summed E-state index contributed by atoms with van der Waals surface area (Å²) in [5, 5.41) is 15.6. The Morgan fingerprint density at radius 3 is 2.54 bits per heavy atom. The number of nitrogens with zero attached hydrogens (tertiary/aromatic N) is 1. The maximum absolute atomic E-state index is 11.5. The molecule has 2 N–H and O–H groups in total. The van der Waals surface area contributed by atoms with Gasteiger partial charge in [-0.25, -0.2) is 9.78 Å². The molecule has 0 spiro atoms. The van der Waals surface area contributed by atoms with Crippen LogP contribution in [0.3, 0.4) is 0 Å². The summed E-state index contributed by atoms with van der Waals surface area (Å²) in [4.78, 5) is 16.0. The molecule has 6 heteroatoms. The van der Waals surface area contributed by atoms with Gasteiger partial charge in [0.1, 0.15) is 6.04 Å². The van der Waals surface area contributed by atoms with Gasteiger partial charge < -0.3 is 10.4 Å². The molecule has 0 fully saturated rings. The molecule has 3 aromatic rings. The number of carboxylic acid groups (broad SMARTS) is 1. The number of hydrogen-bond donors (Lipinski definition) is 2. The maximum Gasteiger partial charge on any atom is 0.326 e. The van der Waals surface area contributed by atoms with E-state index in [4.69, 9.17) is 11.6 Å². The minimum Gasteiger partial charge on any atom is -0.480 e. The highest BCUT2D eigenvalue weighted by molar-refractivity contribution is 7.14. The largest absolute Gasteiger partial charge is 0.480 e. The molecule has 1 atom stereocenters. The van der Waals surface area contributed by atoms with Gasteiger partial charge in [-0.1, -0.05) is 54.1 Å². The van der Waals surface area contributed by atoms with Crippen molar-refractivity contribution in [3.8, 4) is 11.3 Å². The average Bonchev–Trinajstić information content (AvgIpc) is 3.05. The summed E-state index contributed by atoms with van der Waals surface area (Å²) in [5.74, 6) is -0.915. The van der Waals surface area contributed by atoms with Crippen LogP contribution >= 0.6 is 22.9 Å². The van der Waals surface area contributed by atoms with Gasteiger partial charge in [0.25, 0.3) is 0 Å². The molecule has 0 radical (unpaired) electrons. The zero-order valence-corrected chi connectivity index (χ0v) is 14.2. The third kappa shape index (κ3) is 4.13. The number of anilines is 1. The minimum atomic E-state index is -0.915. The highest BCUT2D eigenvalue weighted by atomic mass is 35.5. The molecule has 1 unspecified atom stereocenters. The van der Waals surface area contributed by atoms with E-state index in [9.17, 15) is 9.90 Å². The summed E-state index contributed by atoms with van der Waals surface area (Å²) >= 11 is 7.26. The van der Waals surface area contributed by atoms with Gasteiger partial charge in [-0.3, -0.25) is 0 Å². The summed E-state index contributed by atoms with van der Waals surface area (Å²) in [5.41, 5.74) is 2.74. The van der Waals surface area contributed by atoms with E-state index in [1.807, 2.05) is 47.8 Å². The highest BCUT2D eigenvalue weighted by Gasteiger charge is 2.19. The second-order valence-electron chi connectivity index (χ2n) is 5.27. The van der Waals surface area contributed by atoms with E-state index in [1.165, 1.54) is 11.3 Å². The summed E-state index contributed by atoms with van der Waals surface area (Å²) < 4.78 is 0. The molecule has 0 saturated carbocycles. The van der Waals surface area contributed by atoms with Crippen molar-refractivity contribution in [2.45, 2.75) is 12.5 Å². The lowest BCUT2D eigenvalue weighted by atomic mass is 10.1. The first-order chi connectivity index (χ1) is 11.6. The number of aromatic nitrogens is 1. The quantitative estimate of drug-likeness (QED) is 0.677. The number of rotatable bonds is 6. The first-order valence-corrected chi connectivity index (χ1v) is 8.62. The van der Waals surface area contributed by atoms with E-state index < -0.39 is 12.0 Å². The molecule has 2 aromatic carbocycles. The first kappa shape index (κ1) is 16.5. The van der Waals surface area contributed by atoms with Crippen LogP contribution in [0.5, 0.6) is 0 Å². The molecule has 0 aliphatic heterocycles. The SMILES string of the molecule is O=C(O)C(Cc1ccc(Cl)cc1)Nc1nc(-c2ccccc2)cs1. The maximum atomic E-state index is 11.5. The van der Waals surface area contributed by atoms with Crippen LogP contribution in [-0.4, -0.2) is 22.1 Å². The van der Waals surface area contributed by atoms with Crippen molar-refractivity contribution in [3.63, 3.8) is 0 Å². The summed E-state index contributed by atoms with van der Waals surface area (Å²) in [7, 11) is 0. The van der Waals surface area contributed by atoms with Crippen LogP contribution in [0.15, 0.2) is 60.0 Å². The zero-order valence-electron chi connectivity index (χ0n) is 12.6. The van der Waals surface area contributed by atoms with E-state index >= 15 is 0 Å². The van der Waals surface area contributed by atoms with Crippen molar-refractivity contribution < 1.29 is 9.90 Å². The standard InChI is InChI=1S/C18H15ClN2O2S/c19-14-8-6-12(7-9-14)10-15(17(22)23)20-18-21-16(11-24-18)13-4-2-1-3-5-13/h1-9,11,15H,10H2,(H,20,21)(H,22,23). The summed E-state index contributed by atoms with van der Waals surface area (Å²) in [6.07, 6.45) is 0.354. The van der Waals surface area contributed by atoms with Gasteiger partial charge in [-0.05, 0) is 17.7 Å². The number of aliphatic carboxylic acids is 1. The van der Waals surface area contributed by atoms with Crippen LogP contribution in [0.1, 0.15) is 5.56 Å². The van der Waals surface area contributed by atoms with E-state index in [0.29, 0.717) is 16.6 Å². The summed E-state index contributed by atoms with van der Waals surface area (Å²) in [6, 6.07) is 16.2. The number of hydrogen-bond acceptors (Lipinski definition) is 4. The molecule has 0 amide bonds. The predicted octanol–water partition coefficient (Wildman–Crippen LogP) is 4.57. The molecule has 3 rings (SSSR count). The van der Waals surface area contributed by atoms with Gasteiger partial charge in [0, 0.05) is 22.4 Å². The monoisotopic (exact) mass is 358 g/mol. The Morgan fingerprint density at radius 1 is 1.17 bits per heavy atom. The van der Waals surface area contributed by atoms with Crippen molar-refractivity contribution in [2.24, 2.45) is 0 Å². The van der Waals surface area contributed by atoms with Crippen LogP contribution in [0.25, 0.3) is 11.3 Å². The van der Waals surface area contributed by atoms with Gasteiger partial charge in [0.2, 0.25) is 0 Å². The second-order valence-corrected chi connectivity index (χ2v) is 6.56. The van der Waals surface area contributed by atoms with Crippen molar-refractivity contribution >= 4 is 34.0 Å². The zero-order chi connectivity index (χ0) is 16.9. The molecule has 0 aliphatic carbocycles. The number of carboxylic acids is 1.